The number of hydrogen-bond acceptors (Lipinski definition) is 6. The molecule has 38 heavy (non-hydrogen) atoms. The standard InChI is InChI=1S/C30H32N8/c1-29(2)23-17-37(19-11-7-5-8-12-19)25(35-23)26-36-24(18-38(26)20-13-9-6-10-14-20)30(3,4)28-32-16-22(34-28)21-15-31-27(29)33-21/h5-18,25-26,35-36H,1-4H3,(H,31,33)(H,32,34). The zero-order chi connectivity index (χ0) is 26.1. The minimum Gasteiger partial charge on any atom is -0.363 e. The molecule has 0 saturated heterocycles. The first-order valence-electron chi connectivity index (χ1n) is 13.1. The molecule has 4 N–H and O–H groups in total. The lowest BCUT2D eigenvalue weighted by Crippen LogP contribution is -2.58. The number of hydrogen-bond donors (Lipinski definition) is 4. The van der Waals surface area contributed by atoms with Crippen molar-refractivity contribution in [1.82, 2.24) is 30.6 Å². The first kappa shape index (κ1) is 22.7. The molecule has 2 aromatic carbocycles. The Hall–Kier alpha value is -4.46. The molecule has 0 radical (unpaired) electrons. The number of anilines is 2. The summed E-state index contributed by atoms with van der Waals surface area (Å²) in [6, 6.07) is 21.1. The number of nitrogens with zero attached hydrogens (tertiary/aromatic N) is 4. The molecule has 2 atom stereocenters. The van der Waals surface area contributed by atoms with Crippen LogP contribution in [-0.4, -0.2) is 32.3 Å². The average Bonchev–Trinajstić information content (AvgIpc) is 3.73. The van der Waals surface area contributed by atoms with Gasteiger partial charge in [-0.15, -0.1) is 0 Å². The SMILES string of the molecule is CC1(C)C2=CN(c3ccccc3)C(N2)C2NC(=CN2c2ccccc2)C(C)(C)c2ncc([nH]2)-c2cnc1[nH]2. The summed E-state index contributed by atoms with van der Waals surface area (Å²) in [6.07, 6.45) is 8.07. The van der Waals surface area contributed by atoms with Gasteiger partial charge >= 0.3 is 0 Å². The predicted molar refractivity (Wildman–Crippen MR) is 150 cm³/mol. The van der Waals surface area contributed by atoms with Crippen molar-refractivity contribution >= 4 is 11.4 Å². The Morgan fingerprint density at radius 2 is 1.00 bits per heavy atom. The largest absolute Gasteiger partial charge is 0.363 e. The molecule has 4 aromatic rings. The molecule has 8 heteroatoms. The van der Waals surface area contributed by atoms with E-state index in [-0.39, 0.29) is 12.3 Å². The number of nitrogens with one attached hydrogen (secondary N) is 4. The monoisotopic (exact) mass is 504 g/mol. The van der Waals surface area contributed by atoms with Crippen LogP contribution >= 0.6 is 0 Å². The molecular weight excluding hydrogens is 472 g/mol. The summed E-state index contributed by atoms with van der Waals surface area (Å²) in [6.45, 7) is 8.81. The first-order chi connectivity index (χ1) is 18.3. The number of imidazole rings is 2. The highest BCUT2D eigenvalue weighted by Gasteiger charge is 2.46. The topological polar surface area (TPSA) is 87.9 Å². The van der Waals surface area contributed by atoms with Crippen LogP contribution in [-0.2, 0) is 10.8 Å². The third kappa shape index (κ3) is 3.36. The van der Waals surface area contributed by atoms with Crippen molar-refractivity contribution in [2.75, 3.05) is 9.80 Å². The van der Waals surface area contributed by atoms with Gasteiger partial charge in [0.25, 0.3) is 0 Å². The quantitative estimate of drug-likeness (QED) is 0.310. The van der Waals surface area contributed by atoms with Gasteiger partial charge in [0.1, 0.15) is 24.0 Å². The molecule has 2 aromatic heterocycles. The molecule has 2 unspecified atom stereocenters. The smallest absolute Gasteiger partial charge is 0.143 e. The van der Waals surface area contributed by atoms with Crippen molar-refractivity contribution < 1.29 is 0 Å². The van der Waals surface area contributed by atoms with Gasteiger partial charge in [-0.25, -0.2) is 9.97 Å². The Morgan fingerprint density at radius 1 is 0.605 bits per heavy atom. The number of aromatic nitrogens is 4. The maximum absolute atomic E-state index is 4.81. The zero-order valence-electron chi connectivity index (χ0n) is 22.0. The third-order valence-corrected chi connectivity index (χ3v) is 8.12. The Bertz CT molecular complexity index is 1430. The maximum atomic E-state index is 4.81. The van der Waals surface area contributed by atoms with Crippen LogP contribution in [0.1, 0.15) is 39.3 Å². The van der Waals surface area contributed by atoms with Gasteiger partial charge in [-0.05, 0) is 52.0 Å². The number of fused-ring (bicyclic) bond motifs is 10. The van der Waals surface area contributed by atoms with E-state index in [1.54, 1.807) is 0 Å². The number of rotatable bonds is 2. The lowest BCUT2D eigenvalue weighted by Gasteiger charge is -2.37. The van der Waals surface area contributed by atoms with E-state index in [9.17, 15) is 0 Å². The number of aromatic amines is 2. The maximum Gasteiger partial charge on any atom is 0.143 e. The van der Waals surface area contributed by atoms with Gasteiger partial charge in [-0.2, -0.15) is 0 Å². The minimum absolute atomic E-state index is 0.0963. The predicted octanol–water partition coefficient (Wildman–Crippen LogP) is 4.92. The summed E-state index contributed by atoms with van der Waals surface area (Å²) in [5, 5.41) is 7.81. The second-order valence-electron chi connectivity index (χ2n) is 11.3. The Morgan fingerprint density at radius 3 is 1.39 bits per heavy atom. The molecule has 0 spiro atoms. The van der Waals surface area contributed by atoms with Crippen molar-refractivity contribution in [3.63, 3.8) is 0 Å². The van der Waals surface area contributed by atoms with E-state index in [2.05, 4.69) is 131 Å². The van der Waals surface area contributed by atoms with Crippen molar-refractivity contribution in [3.8, 4) is 11.4 Å². The molecule has 0 saturated carbocycles. The molecule has 0 aliphatic carbocycles. The number of H-pyrrole nitrogens is 2. The van der Waals surface area contributed by atoms with Crippen LogP contribution in [0.15, 0.2) is 96.9 Å². The van der Waals surface area contributed by atoms with E-state index in [1.807, 2.05) is 12.4 Å². The molecular formula is C30H32N8. The average molecular weight is 505 g/mol. The van der Waals surface area contributed by atoms with E-state index < -0.39 is 10.8 Å². The van der Waals surface area contributed by atoms with E-state index in [0.29, 0.717) is 0 Å². The molecule has 0 amide bonds. The van der Waals surface area contributed by atoms with E-state index in [4.69, 9.17) is 9.97 Å². The Kier molecular flexibility index (Phi) is 4.79. The lowest BCUT2D eigenvalue weighted by atomic mass is 9.88. The molecule has 5 heterocycles. The van der Waals surface area contributed by atoms with E-state index in [0.717, 1.165) is 45.8 Å². The molecule has 192 valence electrons. The summed E-state index contributed by atoms with van der Waals surface area (Å²) in [4.78, 5) is 21.4. The van der Waals surface area contributed by atoms with Crippen LogP contribution in [0.25, 0.3) is 11.4 Å². The first-order valence-corrected chi connectivity index (χ1v) is 13.1. The summed E-state index contributed by atoms with van der Waals surface area (Å²) in [5.41, 5.74) is 5.50. The fourth-order valence-corrected chi connectivity index (χ4v) is 5.59. The van der Waals surface area contributed by atoms with Gasteiger partial charge in [0.05, 0.1) is 34.6 Å². The van der Waals surface area contributed by atoms with Crippen molar-refractivity contribution in [2.24, 2.45) is 0 Å². The van der Waals surface area contributed by atoms with Gasteiger partial charge in [0.2, 0.25) is 0 Å². The molecule has 0 fully saturated rings. The molecule has 8 nitrogen and oxygen atoms in total. The highest BCUT2D eigenvalue weighted by atomic mass is 15.4. The highest BCUT2D eigenvalue weighted by Crippen LogP contribution is 2.40. The van der Waals surface area contributed by atoms with Gasteiger partial charge in [-0.1, -0.05) is 36.4 Å². The zero-order valence-corrected chi connectivity index (χ0v) is 22.0. The molecule has 3 aliphatic heterocycles. The van der Waals surface area contributed by atoms with Gasteiger partial charge in [-0.3, -0.25) is 0 Å². The van der Waals surface area contributed by atoms with Crippen molar-refractivity contribution in [3.05, 3.63) is 109 Å². The van der Waals surface area contributed by atoms with Crippen LogP contribution in [0.4, 0.5) is 11.4 Å². The van der Waals surface area contributed by atoms with Crippen LogP contribution in [0, 0.1) is 0 Å². The van der Waals surface area contributed by atoms with Crippen LogP contribution in [0.2, 0.25) is 0 Å². The molecule has 3 aliphatic rings. The van der Waals surface area contributed by atoms with Crippen LogP contribution < -0.4 is 20.4 Å². The van der Waals surface area contributed by atoms with Gasteiger partial charge in [0.15, 0.2) is 0 Å². The highest BCUT2D eigenvalue weighted by molar-refractivity contribution is 5.60. The van der Waals surface area contributed by atoms with E-state index in [1.165, 1.54) is 0 Å². The minimum atomic E-state index is -0.390. The number of benzene rings is 2. The Balaban J connectivity index is 1.44. The van der Waals surface area contributed by atoms with Gasteiger partial charge in [0, 0.05) is 35.2 Å². The fraction of sp³-hybridized carbons (Fsp3) is 0.267. The van der Waals surface area contributed by atoms with Crippen molar-refractivity contribution in [2.45, 2.75) is 50.9 Å². The van der Waals surface area contributed by atoms with Crippen LogP contribution in [0.3, 0.4) is 0 Å². The summed E-state index contributed by atoms with van der Waals surface area (Å²) < 4.78 is 0. The van der Waals surface area contributed by atoms with Crippen LogP contribution in [0.5, 0.6) is 0 Å². The van der Waals surface area contributed by atoms with E-state index >= 15 is 0 Å². The fourth-order valence-electron chi connectivity index (χ4n) is 5.59. The molecule has 7 rings (SSSR count). The summed E-state index contributed by atoms with van der Waals surface area (Å²) >= 11 is 0. The lowest BCUT2D eigenvalue weighted by molar-refractivity contribution is 0.413. The number of para-hydroxylation sites is 2. The third-order valence-electron chi connectivity index (χ3n) is 8.12. The second kappa shape index (κ2) is 8.02. The van der Waals surface area contributed by atoms with Crippen molar-refractivity contribution in [1.29, 1.82) is 0 Å². The summed E-state index contributed by atoms with van der Waals surface area (Å²) in [5.74, 6) is 1.79. The second-order valence-corrected chi connectivity index (χ2v) is 11.3. The Labute approximate surface area is 222 Å². The molecule has 8 bridgehead atoms. The number of allylic oxidation sites excluding steroid dienone is 2. The summed E-state index contributed by atoms with van der Waals surface area (Å²) in [7, 11) is 0. The normalized spacial score (nSPS) is 22.7. The van der Waals surface area contributed by atoms with Gasteiger partial charge < -0.3 is 30.4 Å².